The van der Waals surface area contributed by atoms with E-state index in [1.54, 1.807) is 11.3 Å². The molecule has 0 aromatic carbocycles. The average Bonchev–Trinajstić information content (AvgIpc) is 2.74. The van der Waals surface area contributed by atoms with Gasteiger partial charge in [-0.05, 0) is 37.4 Å². The fourth-order valence-electron chi connectivity index (χ4n) is 1.31. The number of aromatic nitrogens is 2. The summed E-state index contributed by atoms with van der Waals surface area (Å²) >= 11 is 1.74. The van der Waals surface area contributed by atoms with E-state index in [1.807, 2.05) is 19.1 Å². The van der Waals surface area contributed by atoms with Gasteiger partial charge < -0.3 is 5.32 Å². The zero-order valence-corrected chi connectivity index (χ0v) is 9.58. The first-order valence-corrected chi connectivity index (χ1v) is 5.74. The van der Waals surface area contributed by atoms with Crippen LogP contribution in [0, 0.1) is 6.92 Å². The molecule has 2 heterocycles. The highest BCUT2D eigenvalue weighted by Gasteiger charge is 2.06. The van der Waals surface area contributed by atoms with E-state index in [0.29, 0.717) is 0 Å². The summed E-state index contributed by atoms with van der Waals surface area (Å²) in [5, 5.41) is 13.5. The molecule has 15 heavy (non-hydrogen) atoms. The first-order chi connectivity index (χ1) is 7.25. The van der Waals surface area contributed by atoms with Crippen LogP contribution in [0.3, 0.4) is 0 Å². The fraction of sp³-hybridized carbons (Fsp3) is 0.273. The molecule has 3 nitrogen and oxygen atoms in total. The van der Waals surface area contributed by atoms with Gasteiger partial charge in [-0.2, -0.15) is 5.10 Å². The number of rotatable bonds is 3. The molecule has 1 N–H and O–H groups in total. The van der Waals surface area contributed by atoms with Gasteiger partial charge in [-0.25, -0.2) is 0 Å². The second-order valence-corrected chi connectivity index (χ2v) is 4.42. The smallest absolute Gasteiger partial charge is 0.149 e. The van der Waals surface area contributed by atoms with Crippen LogP contribution < -0.4 is 5.32 Å². The third-order valence-electron chi connectivity index (χ3n) is 2.13. The van der Waals surface area contributed by atoms with Crippen molar-refractivity contribution >= 4 is 17.2 Å². The van der Waals surface area contributed by atoms with Crippen molar-refractivity contribution in [3.05, 3.63) is 40.2 Å². The Labute approximate surface area is 93.2 Å². The summed E-state index contributed by atoms with van der Waals surface area (Å²) < 4.78 is 0. The van der Waals surface area contributed by atoms with Crippen molar-refractivity contribution in [2.45, 2.75) is 19.9 Å². The van der Waals surface area contributed by atoms with Crippen molar-refractivity contribution in [2.75, 3.05) is 5.32 Å². The predicted octanol–water partition coefficient (Wildman–Crippen LogP) is 3.02. The van der Waals surface area contributed by atoms with Gasteiger partial charge in [0, 0.05) is 4.88 Å². The molecule has 0 aliphatic heterocycles. The first-order valence-electron chi connectivity index (χ1n) is 4.86. The van der Waals surface area contributed by atoms with E-state index in [1.165, 1.54) is 4.88 Å². The topological polar surface area (TPSA) is 37.8 Å². The Kier molecular flexibility index (Phi) is 2.97. The van der Waals surface area contributed by atoms with Crippen LogP contribution in [0.15, 0.2) is 29.6 Å². The maximum Gasteiger partial charge on any atom is 0.149 e. The van der Waals surface area contributed by atoms with Crippen LogP contribution in [0.5, 0.6) is 0 Å². The van der Waals surface area contributed by atoms with Crippen LogP contribution in [0.2, 0.25) is 0 Å². The Bertz CT molecular complexity index is 408. The normalized spacial score (nSPS) is 12.4. The third-order valence-corrected chi connectivity index (χ3v) is 3.19. The average molecular weight is 219 g/mol. The number of aryl methyl sites for hydroxylation is 1. The molecular weight excluding hydrogens is 206 g/mol. The first kappa shape index (κ1) is 10.1. The van der Waals surface area contributed by atoms with Crippen LogP contribution in [-0.2, 0) is 0 Å². The van der Waals surface area contributed by atoms with Crippen molar-refractivity contribution in [3.63, 3.8) is 0 Å². The largest absolute Gasteiger partial charge is 0.361 e. The quantitative estimate of drug-likeness (QED) is 0.862. The van der Waals surface area contributed by atoms with E-state index in [4.69, 9.17) is 0 Å². The summed E-state index contributed by atoms with van der Waals surface area (Å²) in [5.41, 5.74) is 0.935. The molecule has 2 rings (SSSR count). The maximum absolute atomic E-state index is 4.07. The minimum Gasteiger partial charge on any atom is -0.361 e. The van der Waals surface area contributed by atoms with Crippen LogP contribution >= 0.6 is 11.3 Å². The van der Waals surface area contributed by atoms with Gasteiger partial charge in [-0.15, -0.1) is 16.4 Å². The van der Waals surface area contributed by atoms with Crippen LogP contribution in [0.1, 0.15) is 23.5 Å². The highest BCUT2D eigenvalue weighted by atomic mass is 32.1. The van der Waals surface area contributed by atoms with E-state index < -0.39 is 0 Å². The number of nitrogens with zero attached hydrogens (tertiary/aromatic N) is 2. The minimum absolute atomic E-state index is 0.280. The number of nitrogens with one attached hydrogen (secondary N) is 1. The molecule has 1 atom stereocenters. The van der Waals surface area contributed by atoms with Gasteiger partial charge in [0.1, 0.15) is 5.82 Å². The highest BCUT2D eigenvalue weighted by molar-refractivity contribution is 7.10. The molecule has 0 bridgehead atoms. The van der Waals surface area contributed by atoms with Gasteiger partial charge in [0.25, 0.3) is 0 Å². The second kappa shape index (κ2) is 4.40. The molecule has 0 aliphatic carbocycles. The lowest BCUT2D eigenvalue weighted by molar-refractivity contribution is 0.872. The fourth-order valence-corrected chi connectivity index (χ4v) is 2.04. The van der Waals surface area contributed by atoms with Crippen molar-refractivity contribution in [1.29, 1.82) is 0 Å². The number of thiophene rings is 1. The monoisotopic (exact) mass is 219 g/mol. The van der Waals surface area contributed by atoms with Gasteiger partial charge >= 0.3 is 0 Å². The summed E-state index contributed by atoms with van der Waals surface area (Å²) in [7, 11) is 0. The summed E-state index contributed by atoms with van der Waals surface area (Å²) in [4.78, 5) is 1.30. The van der Waals surface area contributed by atoms with Crippen molar-refractivity contribution < 1.29 is 0 Å². The van der Waals surface area contributed by atoms with Crippen LogP contribution in [-0.4, -0.2) is 10.2 Å². The number of anilines is 1. The molecule has 0 aliphatic rings. The number of hydrogen-bond acceptors (Lipinski definition) is 4. The Balaban J connectivity index is 2.06. The zero-order valence-electron chi connectivity index (χ0n) is 8.77. The molecule has 0 saturated carbocycles. The maximum atomic E-state index is 4.07. The Morgan fingerprint density at radius 2 is 2.13 bits per heavy atom. The molecule has 1 unspecified atom stereocenters. The number of hydrogen-bond donors (Lipinski definition) is 1. The van der Waals surface area contributed by atoms with Gasteiger partial charge in [0.05, 0.1) is 11.7 Å². The molecule has 0 fully saturated rings. The second-order valence-electron chi connectivity index (χ2n) is 3.44. The lowest BCUT2D eigenvalue weighted by Gasteiger charge is -2.11. The Morgan fingerprint density at radius 3 is 2.73 bits per heavy atom. The molecule has 0 saturated heterocycles. The Morgan fingerprint density at radius 1 is 1.27 bits per heavy atom. The molecular formula is C11H13N3S. The minimum atomic E-state index is 0.280. The summed E-state index contributed by atoms with van der Waals surface area (Å²) in [6.07, 6.45) is 0. The van der Waals surface area contributed by atoms with Crippen molar-refractivity contribution in [2.24, 2.45) is 0 Å². The highest BCUT2D eigenvalue weighted by Crippen LogP contribution is 2.21. The van der Waals surface area contributed by atoms with Gasteiger partial charge in [0.2, 0.25) is 0 Å². The van der Waals surface area contributed by atoms with E-state index in [-0.39, 0.29) is 6.04 Å². The summed E-state index contributed by atoms with van der Waals surface area (Å²) in [6.45, 7) is 4.05. The van der Waals surface area contributed by atoms with E-state index in [9.17, 15) is 0 Å². The molecule has 4 heteroatoms. The predicted molar refractivity (Wildman–Crippen MR) is 63.1 cm³/mol. The molecule has 2 aromatic rings. The third kappa shape index (κ3) is 2.53. The molecule has 0 amide bonds. The standard InChI is InChI=1S/C11H13N3S/c1-8-5-6-11(14-13-8)12-9(2)10-4-3-7-15-10/h3-7,9H,1-2H3,(H,12,14). The SMILES string of the molecule is Cc1ccc(NC(C)c2cccs2)nn1. The molecule has 0 radical (unpaired) electrons. The lowest BCUT2D eigenvalue weighted by atomic mass is 10.3. The lowest BCUT2D eigenvalue weighted by Crippen LogP contribution is -2.07. The Hall–Kier alpha value is -1.42. The zero-order chi connectivity index (χ0) is 10.7. The van der Waals surface area contributed by atoms with Crippen molar-refractivity contribution in [1.82, 2.24) is 10.2 Å². The van der Waals surface area contributed by atoms with Gasteiger partial charge in [-0.1, -0.05) is 6.07 Å². The van der Waals surface area contributed by atoms with E-state index in [0.717, 1.165) is 11.5 Å². The van der Waals surface area contributed by atoms with Gasteiger partial charge in [-0.3, -0.25) is 0 Å². The van der Waals surface area contributed by atoms with Crippen molar-refractivity contribution in [3.8, 4) is 0 Å². The van der Waals surface area contributed by atoms with Crippen LogP contribution in [0.25, 0.3) is 0 Å². The van der Waals surface area contributed by atoms with E-state index in [2.05, 4.69) is 40.0 Å². The van der Waals surface area contributed by atoms with Gasteiger partial charge in [0.15, 0.2) is 0 Å². The summed E-state index contributed by atoms with van der Waals surface area (Å²) in [6, 6.07) is 8.35. The molecule has 2 aromatic heterocycles. The molecule has 0 spiro atoms. The summed E-state index contributed by atoms with van der Waals surface area (Å²) in [5.74, 6) is 0.821. The molecule has 78 valence electrons. The van der Waals surface area contributed by atoms with Crippen LogP contribution in [0.4, 0.5) is 5.82 Å². The van der Waals surface area contributed by atoms with E-state index >= 15 is 0 Å².